The number of nitrogens with zero attached hydrogens (tertiary/aromatic N) is 4. The molecule has 25 heavy (non-hydrogen) atoms. The molecule has 3 heterocycles. The van der Waals surface area contributed by atoms with E-state index in [1.807, 2.05) is 0 Å². The highest BCUT2D eigenvalue weighted by atomic mass is 16.7. The summed E-state index contributed by atoms with van der Waals surface area (Å²) < 4.78 is 13.0. The minimum absolute atomic E-state index is 0.183. The third-order valence-electron chi connectivity index (χ3n) is 4.91. The zero-order valence-electron chi connectivity index (χ0n) is 13.5. The van der Waals surface area contributed by atoms with Gasteiger partial charge in [0.1, 0.15) is 24.1 Å². The van der Waals surface area contributed by atoms with Gasteiger partial charge < -0.3 is 30.5 Å². The average Bonchev–Trinajstić information content (AvgIpc) is 3.30. The van der Waals surface area contributed by atoms with Gasteiger partial charge in [0.2, 0.25) is 5.79 Å². The monoisotopic (exact) mass is 351 g/mol. The molecular formula is C15H21N5O5. The number of nitrogen functional groups attached to an aromatic ring is 1. The smallest absolute Gasteiger partial charge is 0.242 e. The standard InChI is InChI=1S/C15H21N5O5/c16-12-10-13(18-6-17-12)20(7-19-10)14-15(23,11(22)9(5-21)24-14)25-8-3-1-2-4-8/h6-9,11,14,21-23H,1-5H2,(H2,16,17,18)/t9-,11+,14-,15+/m1/s1. The van der Waals surface area contributed by atoms with E-state index in [4.69, 9.17) is 15.2 Å². The highest BCUT2D eigenvalue weighted by Gasteiger charge is 2.59. The predicted octanol–water partition coefficient (Wildman–Crippen LogP) is -0.693. The molecule has 2 aromatic rings. The molecule has 2 fully saturated rings. The van der Waals surface area contributed by atoms with Crippen LogP contribution in [0.25, 0.3) is 11.2 Å². The first-order valence-electron chi connectivity index (χ1n) is 8.32. The molecule has 1 saturated carbocycles. The van der Waals surface area contributed by atoms with Crippen LogP contribution in [-0.2, 0) is 9.47 Å². The molecule has 2 aliphatic rings. The molecule has 1 aliphatic heterocycles. The van der Waals surface area contributed by atoms with E-state index in [1.54, 1.807) is 0 Å². The number of anilines is 1. The van der Waals surface area contributed by atoms with E-state index in [9.17, 15) is 15.3 Å². The van der Waals surface area contributed by atoms with Gasteiger partial charge in [-0.3, -0.25) is 4.57 Å². The van der Waals surface area contributed by atoms with E-state index in [2.05, 4.69) is 15.0 Å². The zero-order chi connectivity index (χ0) is 17.6. The van der Waals surface area contributed by atoms with Crippen LogP contribution in [0.5, 0.6) is 0 Å². The third-order valence-corrected chi connectivity index (χ3v) is 4.91. The zero-order valence-corrected chi connectivity index (χ0v) is 13.5. The van der Waals surface area contributed by atoms with Gasteiger partial charge in [-0.25, -0.2) is 15.0 Å². The van der Waals surface area contributed by atoms with Crippen molar-refractivity contribution in [3.05, 3.63) is 12.7 Å². The number of ether oxygens (including phenoxy) is 2. The maximum Gasteiger partial charge on any atom is 0.242 e. The molecule has 0 radical (unpaired) electrons. The minimum Gasteiger partial charge on any atom is -0.394 e. The largest absolute Gasteiger partial charge is 0.394 e. The first kappa shape index (κ1) is 16.6. The van der Waals surface area contributed by atoms with Gasteiger partial charge in [0.15, 0.2) is 17.7 Å². The van der Waals surface area contributed by atoms with E-state index in [0.29, 0.717) is 11.2 Å². The Labute approximate surface area is 143 Å². The first-order valence-corrected chi connectivity index (χ1v) is 8.32. The van der Waals surface area contributed by atoms with Crippen molar-refractivity contribution in [3.8, 4) is 0 Å². The summed E-state index contributed by atoms with van der Waals surface area (Å²) in [6.45, 7) is -0.461. The number of aromatic nitrogens is 4. The Bertz CT molecular complexity index is 764. The van der Waals surface area contributed by atoms with Crippen LogP contribution in [0.15, 0.2) is 12.7 Å². The summed E-state index contributed by atoms with van der Waals surface area (Å²) in [5.41, 5.74) is 6.50. The number of hydrogen-bond acceptors (Lipinski definition) is 9. The van der Waals surface area contributed by atoms with Gasteiger partial charge in [-0.15, -0.1) is 0 Å². The number of imidazole rings is 1. The lowest BCUT2D eigenvalue weighted by Gasteiger charge is -2.34. The molecule has 5 N–H and O–H groups in total. The number of aliphatic hydroxyl groups excluding tert-OH is 2. The molecule has 4 rings (SSSR count). The quantitative estimate of drug-likeness (QED) is 0.525. The Kier molecular flexibility index (Phi) is 4.08. The van der Waals surface area contributed by atoms with Gasteiger partial charge in [0.05, 0.1) is 19.0 Å². The second kappa shape index (κ2) is 6.15. The topological polar surface area (TPSA) is 149 Å². The number of nitrogens with two attached hydrogens (primary N) is 1. The molecule has 1 saturated heterocycles. The van der Waals surface area contributed by atoms with Gasteiger partial charge in [-0.05, 0) is 12.8 Å². The van der Waals surface area contributed by atoms with Crippen molar-refractivity contribution in [2.75, 3.05) is 12.3 Å². The van der Waals surface area contributed by atoms with Crippen LogP contribution in [0.1, 0.15) is 31.9 Å². The van der Waals surface area contributed by atoms with Crippen LogP contribution in [-0.4, -0.2) is 65.5 Å². The van der Waals surface area contributed by atoms with E-state index >= 15 is 0 Å². The Hall–Kier alpha value is -1.85. The summed E-state index contributed by atoms with van der Waals surface area (Å²) in [4.78, 5) is 12.2. The molecule has 0 bridgehead atoms. The molecule has 0 unspecified atom stereocenters. The van der Waals surface area contributed by atoms with Gasteiger partial charge in [-0.1, -0.05) is 12.8 Å². The van der Waals surface area contributed by atoms with E-state index in [1.165, 1.54) is 17.2 Å². The third kappa shape index (κ3) is 2.57. The molecule has 2 aromatic heterocycles. The Morgan fingerprint density at radius 3 is 2.80 bits per heavy atom. The van der Waals surface area contributed by atoms with Gasteiger partial charge in [0, 0.05) is 0 Å². The summed E-state index contributed by atoms with van der Waals surface area (Å²) in [5.74, 6) is -1.84. The SMILES string of the molecule is Nc1ncnc2c1ncn2[C@@H]1O[C@H](CO)[C@H](O)[C@]1(O)OC1CCCC1. The molecule has 4 atom stereocenters. The average molecular weight is 351 g/mol. The second-order valence-electron chi connectivity index (χ2n) is 6.51. The summed E-state index contributed by atoms with van der Waals surface area (Å²) in [5, 5.41) is 31.1. The van der Waals surface area contributed by atoms with Crippen LogP contribution in [0.4, 0.5) is 5.82 Å². The molecule has 10 nitrogen and oxygen atoms in total. The fraction of sp³-hybridized carbons (Fsp3) is 0.667. The van der Waals surface area contributed by atoms with Crippen LogP contribution in [0.3, 0.4) is 0 Å². The lowest BCUT2D eigenvalue weighted by atomic mass is 10.1. The van der Waals surface area contributed by atoms with Crippen molar-refractivity contribution in [3.63, 3.8) is 0 Å². The molecule has 0 amide bonds. The van der Waals surface area contributed by atoms with Crippen LogP contribution < -0.4 is 5.73 Å². The molecule has 136 valence electrons. The number of aliphatic hydroxyl groups is 3. The molecule has 1 aliphatic carbocycles. The summed E-state index contributed by atoms with van der Waals surface area (Å²) in [6.07, 6.45) is 2.56. The maximum atomic E-state index is 11.2. The van der Waals surface area contributed by atoms with E-state index < -0.39 is 30.8 Å². The van der Waals surface area contributed by atoms with Crippen molar-refractivity contribution < 1.29 is 24.8 Å². The summed E-state index contributed by atoms with van der Waals surface area (Å²) in [7, 11) is 0. The Morgan fingerprint density at radius 1 is 1.32 bits per heavy atom. The number of hydrogen-bond donors (Lipinski definition) is 4. The molecule has 0 aromatic carbocycles. The lowest BCUT2D eigenvalue weighted by molar-refractivity contribution is -0.295. The van der Waals surface area contributed by atoms with Gasteiger partial charge >= 0.3 is 0 Å². The van der Waals surface area contributed by atoms with Crippen molar-refractivity contribution >= 4 is 17.0 Å². The van der Waals surface area contributed by atoms with Crippen LogP contribution in [0, 0.1) is 0 Å². The Morgan fingerprint density at radius 2 is 2.08 bits per heavy atom. The highest BCUT2D eigenvalue weighted by Crippen LogP contribution is 2.43. The highest BCUT2D eigenvalue weighted by molar-refractivity contribution is 5.81. The van der Waals surface area contributed by atoms with Crippen molar-refractivity contribution in [1.29, 1.82) is 0 Å². The normalized spacial score (nSPS) is 33.5. The predicted molar refractivity (Wildman–Crippen MR) is 85.0 cm³/mol. The van der Waals surface area contributed by atoms with Crippen molar-refractivity contribution in [2.45, 2.75) is 56.0 Å². The minimum atomic E-state index is -2.03. The fourth-order valence-electron chi connectivity index (χ4n) is 3.60. The van der Waals surface area contributed by atoms with Crippen LogP contribution in [0.2, 0.25) is 0 Å². The van der Waals surface area contributed by atoms with Crippen molar-refractivity contribution in [1.82, 2.24) is 19.5 Å². The number of rotatable bonds is 4. The first-order chi connectivity index (χ1) is 12.0. The second-order valence-corrected chi connectivity index (χ2v) is 6.51. The summed E-state index contributed by atoms with van der Waals surface area (Å²) >= 11 is 0. The Balaban J connectivity index is 1.75. The molecular weight excluding hydrogens is 330 g/mol. The van der Waals surface area contributed by atoms with E-state index in [0.717, 1.165) is 25.7 Å². The molecule has 0 spiro atoms. The number of fused-ring (bicyclic) bond motifs is 1. The van der Waals surface area contributed by atoms with Crippen LogP contribution >= 0.6 is 0 Å². The lowest BCUT2D eigenvalue weighted by Crippen LogP contribution is -2.51. The van der Waals surface area contributed by atoms with Gasteiger partial charge in [-0.2, -0.15) is 0 Å². The van der Waals surface area contributed by atoms with E-state index in [-0.39, 0.29) is 11.9 Å². The van der Waals surface area contributed by atoms with Crippen molar-refractivity contribution in [2.24, 2.45) is 0 Å². The van der Waals surface area contributed by atoms with Gasteiger partial charge in [0.25, 0.3) is 0 Å². The fourth-order valence-corrected chi connectivity index (χ4v) is 3.60. The maximum absolute atomic E-state index is 11.2. The summed E-state index contributed by atoms with van der Waals surface area (Å²) in [6, 6.07) is 0. The molecule has 10 heteroatoms.